The first-order chi connectivity index (χ1) is 19.2. The summed E-state index contributed by atoms with van der Waals surface area (Å²) in [7, 11) is 0. The lowest BCUT2D eigenvalue weighted by Gasteiger charge is -2.13. The number of hydrogen-bond donors (Lipinski definition) is 1. The van der Waals surface area contributed by atoms with Crippen molar-refractivity contribution in [3.8, 4) is 11.5 Å². The number of thioether (sulfide) groups is 1. The van der Waals surface area contributed by atoms with Crippen LogP contribution in [0.2, 0.25) is 5.02 Å². The van der Waals surface area contributed by atoms with Gasteiger partial charge in [-0.15, -0.1) is 0 Å². The Balaban J connectivity index is 1.58. The summed E-state index contributed by atoms with van der Waals surface area (Å²) in [5.74, 6) is -1.93. The van der Waals surface area contributed by atoms with E-state index in [0.29, 0.717) is 39.1 Å². The summed E-state index contributed by atoms with van der Waals surface area (Å²) in [4.78, 5) is 49.2. The van der Waals surface area contributed by atoms with Crippen LogP contribution in [0.5, 0.6) is 11.5 Å². The maximum Gasteiger partial charge on any atom is 0.416 e. The Morgan fingerprint density at radius 1 is 1.15 bits per heavy atom. The van der Waals surface area contributed by atoms with Crippen molar-refractivity contribution in [3.63, 3.8) is 0 Å². The van der Waals surface area contributed by atoms with E-state index in [1.807, 2.05) is 0 Å². The molecule has 4 rings (SSSR count). The van der Waals surface area contributed by atoms with E-state index < -0.39 is 51.7 Å². The van der Waals surface area contributed by atoms with Crippen molar-refractivity contribution in [1.29, 1.82) is 0 Å². The second kappa shape index (κ2) is 11.9. The summed E-state index contributed by atoms with van der Waals surface area (Å²) in [6, 6.07) is 11.0. The standard InChI is InChI=1S/C26H16BrClF3N3O6S/c1-13-2-5-17(11-18(13)28)32-23(35)12-33-24(36)22(41-25(33)37)9-14-8-16(27)4-7-20(14)40-21-6-3-15(26(29,30)31)10-19(21)34(38)39/h2-11H,12H2,1H3,(H,32,35)/b22-9+. The third-order valence-electron chi connectivity index (χ3n) is 5.59. The highest BCUT2D eigenvalue weighted by Gasteiger charge is 2.37. The summed E-state index contributed by atoms with van der Waals surface area (Å²) >= 11 is 9.88. The van der Waals surface area contributed by atoms with Crippen molar-refractivity contribution >= 4 is 73.8 Å². The molecule has 1 N–H and O–H groups in total. The fraction of sp³-hybridized carbons (Fsp3) is 0.115. The average Bonchev–Trinajstić information content (AvgIpc) is 3.14. The highest BCUT2D eigenvalue weighted by molar-refractivity contribution is 9.10. The predicted octanol–water partition coefficient (Wildman–Crippen LogP) is 7.81. The van der Waals surface area contributed by atoms with E-state index in [1.165, 1.54) is 30.3 Å². The maximum absolute atomic E-state index is 13.1. The first kappa shape index (κ1) is 30.1. The molecule has 0 saturated carbocycles. The Labute approximate surface area is 247 Å². The van der Waals surface area contributed by atoms with Crippen LogP contribution >= 0.6 is 39.3 Å². The van der Waals surface area contributed by atoms with Crippen LogP contribution in [0, 0.1) is 17.0 Å². The molecule has 1 aliphatic heterocycles. The van der Waals surface area contributed by atoms with Crippen LogP contribution in [-0.2, 0) is 15.8 Å². The van der Waals surface area contributed by atoms with Gasteiger partial charge in [-0.25, -0.2) is 0 Å². The van der Waals surface area contributed by atoms with Crippen LogP contribution in [0.3, 0.4) is 0 Å². The van der Waals surface area contributed by atoms with Gasteiger partial charge in [0.25, 0.3) is 11.1 Å². The minimum atomic E-state index is -4.81. The van der Waals surface area contributed by atoms with Crippen molar-refractivity contribution < 1.29 is 37.2 Å². The van der Waals surface area contributed by atoms with Crippen molar-refractivity contribution in [2.24, 2.45) is 0 Å². The number of nitrogens with zero attached hydrogens (tertiary/aromatic N) is 2. The first-order valence-electron chi connectivity index (χ1n) is 11.4. The fourth-order valence-corrected chi connectivity index (χ4v) is 4.95. The Morgan fingerprint density at radius 3 is 2.51 bits per heavy atom. The topological polar surface area (TPSA) is 119 Å². The summed E-state index contributed by atoms with van der Waals surface area (Å²) in [5, 5.41) is 13.7. The third kappa shape index (κ3) is 7.07. The Bertz CT molecular complexity index is 1630. The molecule has 212 valence electrons. The SMILES string of the molecule is Cc1ccc(NC(=O)CN2C(=O)S/C(=C/c3cc(Br)ccc3Oc3ccc(C(F)(F)F)cc3[N+](=O)[O-])C2=O)cc1Cl. The lowest BCUT2D eigenvalue weighted by molar-refractivity contribution is -0.385. The maximum atomic E-state index is 13.1. The summed E-state index contributed by atoms with van der Waals surface area (Å²) in [6.07, 6.45) is -3.53. The lowest BCUT2D eigenvalue weighted by atomic mass is 10.1. The molecular formula is C26H16BrClF3N3O6S. The molecule has 15 heteroatoms. The van der Waals surface area contributed by atoms with Gasteiger partial charge in [0, 0.05) is 26.8 Å². The minimum absolute atomic E-state index is 0.0446. The van der Waals surface area contributed by atoms with E-state index in [-0.39, 0.29) is 16.2 Å². The molecule has 0 radical (unpaired) electrons. The first-order valence-corrected chi connectivity index (χ1v) is 13.4. The predicted molar refractivity (Wildman–Crippen MR) is 150 cm³/mol. The van der Waals surface area contributed by atoms with Gasteiger partial charge in [-0.2, -0.15) is 13.2 Å². The molecule has 1 fully saturated rings. The number of alkyl halides is 3. The molecule has 41 heavy (non-hydrogen) atoms. The number of anilines is 1. The number of nitro groups is 1. The van der Waals surface area contributed by atoms with Crippen molar-refractivity contribution in [2.75, 3.05) is 11.9 Å². The van der Waals surface area contributed by atoms with Crippen LogP contribution < -0.4 is 10.1 Å². The highest BCUT2D eigenvalue weighted by Crippen LogP contribution is 2.40. The molecule has 0 unspecified atom stereocenters. The van der Waals surface area contributed by atoms with Crippen molar-refractivity contribution in [1.82, 2.24) is 4.90 Å². The molecule has 1 saturated heterocycles. The number of nitrogens with one attached hydrogen (secondary N) is 1. The van der Waals surface area contributed by atoms with Crippen LogP contribution in [0.1, 0.15) is 16.7 Å². The number of aryl methyl sites for hydroxylation is 1. The minimum Gasteiger partial charge on any atom is -0.449 e. The molecule has 1 heterocycles. The van der Waals surface area contributed by atoms with Gasteiger partial charge in [-0.05, 0) is 72.8 Å². The van der Waals surface area contributed by atoms with Gasteiger partial charge >= 0.3 is 11.9 Å². The molecule has 0 atom stereocenters. The number of imide groups is 1. The van der Waals surface area contributed by atoms with Gasteiger partial charge in [0.05, 0.1) is 15.4 Å². The molecule has 0 aliphatic carbocycles. The van der Waals surface area contributed by atoms with Crippen molar-refractivity contribution in [3.05, 3.63) is 95.8 Å². The third-order valence-corrected chi connectivity index (χ3v) is 7.40. The Kier molecular flexibility index (Phi) is 8.75. The number of hydrogen-bond acceptors (Lipinski definition) is 7. The number of carbonyl (C=O) groups is 3. The molecule has 9 nitrogen and oxygen atoms in total. The van der Waals surface area contributed by atoms with E-state index in [2.05, 4.69) is 21.2 Å². The second-order valence-corrected chi connectivity index (χ2v) is 10.8. The highest BCUT2D eigenvalue weighted by atomic mass is 79.9. The number of nitro benzene ring substituents is 1. The molecule has 0 bridgehead atoms. The van der Waals surface area contributed by atoms with E-state index in [1.54, 1.807) is 19.1 Å². The molecule has 3 amide bonds. The van der Waals surface area contributed by atoms with Crippen molar-refractivity contribution in [2.45, 2.75) is 13.1 Å². The van der Waals surface area contributed by atoms with Crippen LogP contribution in [0.25, 0.3) is 6.08 Å². The van der Waals surface area contributed by atoms with Crippen LogP contribution in [-0.4, -0.2) is 33.4 Å². The smallest absolute Gasteiger partial charge is 0.416 e. The Morgan fingerprint density at radius 2 is 1.85 bits per heavy atom. The monoisotopic (exact) mass is 669 g/mol. The number of carbonyl (C=O) groups excluding carboxylic acids is 3. The van der Waals surface area contributed by atoms with E-state index in [9.17, 15) is 37.7 Å². The zero-order valence-electron chi connectivity index (χ0n) is 20.6. The zero-order valence-corrected chi connectivity index (χ0v) is 23.8. The second-order valence-electron chi connectivity index (χ2n) is 8.50. The number of rotatable bonds is 7. The van der Waals surface area contributed by atoms with E-state index in [0.717, 1.165) is 16.5 Å². The van der Waals surface area contributed by atoms with E-state index >= 15 is 0 Å². The van der Waals surface area contributed by atoms with Gasteiger partial charge < -0.3 is 10.1 Å². The molecule has 0 spiro atoms. The average molecular weight is 671 g/mol. The quantitative estimate of drug-likeness (QED) is 0.155. The number of halogens is 5. The summed E-state index contributed by atoms with van der Waals surface area (Å²) in [6.45, 7) is 1.21. The number of ether oxygens (including phenoxy) is 1. The van der Waals surface area contributed by atoms with Crippen LogP contribution in [0.15, 0.2) is 64.0 Å². The van der Waals surface area contributed by atoms with Gasteiger partial charge in [0.2, 0.25) is 11.7 Å². The zero-order chi connectivity index (χ0) is 30.1. The Hall–Kier alpha value is -3.88. The number of benzene rings is 3. The molecule has 3 aromatic carbocycles. The molecular weight excluding hydrogens is 655 g/mol. The van der Waals surface area contributed by atoms with Gasteiger partial charge in [0.15, 0.2) is 0 Å². The summed E-state index contributed by atoms with van der Waals surface area (Å²) in [5.41, 5.74) is -0.797. The summed E-state index contributed by atoms with van der Waals surface area (Å²) < 4.78 is 45.3. The largest absolute Gasteiger partial charge is 0.449 e. The molecule has 3 aromatic rings. The lowest BCUT2D eigenvalue weighted by Crippen LogP contribution is -2.36. The van der Waals surface area contributed by atoms with Gasteiger partial charge in [-0.1, -0.05) is 33.6 Å². The van der Waals surface area contributed by atoms with Crippen LogP contribution in [0.4, 0.5) is 29.3 Å². The van der Waals surface area contributed by atoms with Gasteiger partial charge in [-0.3, -0.25) is 29.4 Å². The molecule has 1 aliphatic rings. The fourth-order valence-electron chi connectivity index (χ4n) is 3.56. The normalized spacial score (nSPS) is 14.5. The van der Waals surface area contributed by atoms with Gasteiger partial charge in [0.1, 0.15) is 12.3 Å². The number of amides is 3. The van der Waals surface area contributed by atoms with E-state index in [4.69, 9.17) is 16.3 Å². The molecule has 0 aromatic heterocycles.